The van der Waals surface area contributed by atoms with Gasteiger partial charge in [-0.3, -0.25) is 0 Å². The fourth-order valence-corrected chi connectivity index (χ4v) is 2.09. The maximum atomic E-state index is 11.3. The lowest BCUT2D eigenvalue weighted by Crippen LogP contribution is -2.00. The number of ether oxygens (including phenoxy) is 2. The second-order valence-electron chi connectivity index (χ2n) is 3.87. The number of halogens is 1. The third kappa shape index (κ3) is 2.63. The zero-order chi connectivity index (χ0) is 14.0. The molecule has 0 radical (unpaired) electrons. The van der Waals surface area contributed by atoms with Crippen molar-refractivity contribution in [3.63, 3.8) is 0 Å². The fraction of sp³-hybridized carbons (Fsp3) is 0.231. The summed E-state index contributed by atoms with van der Waals surface area (Å²) >= 11 is 3.17. The molecule has 1 aromatic carbocycles. The Kier molecular flexibility index (Phi) is 3.90. The van der Waals surface area contributed by atoms with Crippen LogP contribution in [0, 0.1) is 0 Å². The summed E-state index contributed by atoms with van der Waals surface area (Å²) < 4.78 is 12.0. The molecular formula is C13H13BrN2O3. The third-order valence-electron chi connectivity index (χ3n) is 2.76. The Bertz CT molecular complexity index is 661. The van der Waals surface area contributed by atoms with Crippen molar-refractivity contribution in [2.75, 3.05) is 14.2 Å². The number of imidazole rings is 1. The molecule has 0 saturated heterocycles. The van der Waals surface area contributed by atoms with Crippen LogP contribution in [0.5, 0.6) is 5.75 Å². The molecule has 0 atom stereocenters. The average molecular weight is 325 g/mol. The first-order valence-corrected chi connectivity index (χ1v) is 6.32. The summed E-state index contributed by atoms with van der Waals surface area (Å²) in [5.41, 5.74) is 1.76. The molecule has 1 heterocycles. The molecule has 0 aliphatic heterocycles. The number of nitrogens with zero attached hydrogens (tertiary/aromatic N) is 2. The predicted molar refractivity (Wildman–Crippen MR) is 76.2 cm³/mol. The van der Waals surface area contributed by atoms with E-state index in [-0.39, 0.29) is 0 Å². The number of aryl methyl sites for hydroxylation is 1. The summed E-state index contributed by atoms with van der Waals surface area (Å²) in [6.45, 7) is 0. The third-order valence-corrected chi connectivity index (χ3v) is 3.31. The maximum Gasteiger partial charge on any atom is 0.345 e. The number of hydrogen-bond donors (Lipinski definition) is 0. The van der Waals surface area contributed by atoms with Crippen molar-refractivity contribution in [1.82, 2.24) is 9.55 Å². The van der Waals surface area contributed by atoms with Crippen molar-refractivity contribution in [1.29, 1.82) is 0 Å². The first kappa shape index (κ1) is 13.6. The van der Waals surface area contributed by atoms with Gasteiger partial charge in [-0.15, -0.1) is 0 Å². The standard InChI is InChI=1S/C13H13BrN2O3/c1-16-11-5-4-8(18-2)6-10(11)15-12(16)7-9(14)13(17)19-3/h4-7H,1-3H3. The number of carbonyl (C=O) groups excluding carboxylic acids is 1. The lowest BCUT2D eigenvalue weighted by atomic mass is 10.3. The Balaban J connectivity index is 2.50. The molecular weight excluding hydrogens is 312 g/mol. The molecule has 6 heteroatoms. The van der Waals surface area contributed by atoms with Gasteiger partial charge in [-0.05, 0) is 28.1 Å². The minimum absolute atomic E-state index is 0.320. The number of methoxy groups -OCH3 is 2. The monoisotopic (exact) mass is 324 g/mol. The fourth-order valence-electron chi connectivity index (χ4n) is 1.72. The molecule has 0 aliphatic rings. The van der Waals surface area contributed by atoms with Crippen LogP contribution < -0.4 is 4.74 Å². The second kappa shape index (κ2) is 5.44. The zero-order valence-electron chi connectivity index (χ0n) is 10.8. The van der Waals surface area contributed by atoms with Gasteiger partial charge in [0.1, 0.15) is 16.1 Å². The highest BCUT2D eigenvalue weighted by Gasteiger charge is 2.10. The van der Waals surface area contributed by atoms with Crippen LogP contribution in [-0.4, -0.2) is 29.7 Å². The van der Waals surface area contributed by atoms with Crippen LogP contribution in [0.1, 0.15) is 5.82 Å². The van der Waals surface area contributed by atoms with E-state index < -0.39 is 5.97 Å². The van der Waals surface area contributed by atoms with Gasteiger partial charge < -0.3 is 14.0 Å². The molecule has 19 heavy (non-hydrogen) atoms. The van der Waals surface area contributed by atoms with Gasteiger partial charge in [0.15, 0.2) is 0 Å². The normalized spacial score (nSPS) is 11.7. The molecule has 0 aliphatic carbocycles. The lowest BCUT2D eigenvalue weighted by Gasteiger charge is -2.00. The Hall–Kier alpha value is -1.82. The Morgan fingerprint density at radius 2 is 2.16 bits per heavy atom. The van der Waals surface area contributed by atoms with E-state index in [1.807, 2.05) is 29.8 Å². The molecule has 2 rings (SSSR count). The van der Waals surface area contributed by atoms with Crippen molar-refractivity contribution < 1.29 is 14.3 Å². The summed E-state index contributed by atoms with van der Waals surface area (Å²) in [7, 11) is 4.82. The minimum Gasteiger partial charge on any atom is -0.497 e. The minimum atomic E-state index is -0.440. The van der Waals surface area contributed by atoms with Gasteiger partial charge in [0.25, 0.3) is 0 Å². The van der Waals surface area contributed by atoms with E-state index >= 15 is 0 Å². The number of hydrogen-bond acceptors (Lipinski definition) is 4. The maximum absolute atomic E-state index is 11.3. The average Bonchev–Trinajstić information content (AvgIpc) is 2.73. The van der Waals surface area contributed by atoms with Crippen LogP contribution in [-0.2, 0) is 16.6 Å². The van der Waals surface area contributed by atoms with Crippen molar-refractivity contribution in [3.8, 4) is 5.75 Å². The van der Waals surface area contributed by atoms with Crippen LogP contribution in [0.2, 0.25) is 0 Å². The molecule has 0 spiro atoms. The van der Waals surface area contributed by atoms with E-state index in [0.29, 0.717) is 10.3 Å². The lowest BCUT2D eigenvalue weighted by molar-refractivity contribution is -0.135. The molecule has 1 aromatic heterocycles. The van der Waals surface area contributed by atoms with Crippen LogP contribution >= 0.6 is 15.9 Å². The summed E-state index contributed by atoms with van der Waals surface area (Å²) in [4.78, 5) is 15.8. The van der Waals surface area contributed by atoms with Crippen LogP contribution in [0.4, 0.5) is 0 Å². The van der Waals surface area contributed by atoms with Gasteiger partial charge in [-0.25, -0.2) is 9.78 Å². The number of benzene rings is 1. The Morgan fingerprint density at radius 1 is 1.42 bits per heavy atom. The first-order chi connectivity index (χ1) is 9.06. The van der Waals surface area contributed by atoms with Gasteiger partial charge in [0.05, 0.1) is 25.3 Å². The van der Waals surface area contributed by atoms with Crippen molar-refractivity contribution in [3.05, 3.63) is 28.5 Å². The summed E-state index contributed by atoms with van der Waals surface area (Å²) in [6.07, 6.45) is 1.62. The molecule has 0 N–H and O–H groups in total. The van der Waals surface area contributed by atoms with Gasteiger partial charge in [0.2, 0.25) is 0 Å². The molecule has 100 valence electrons. The molecule has 2 aromatic rings. The number of esters is 1. The number of aromatic nitrogens is 2. The Labute approximate surface area is 119 Å². The van der Waals surface area contributed by atoms with E-state index in [2.05, 4.69) is 25.7 Å². The van der Waals surface area contributed by atoms with Gasteiger partial charge in [-0.1, -0.05) is 0 Å². The number of carbonyl (C=O) groups is 1. The van der Waals surface area contributed by atoms with Crippen molar-refractivity contribution in [2.45, 2.75) is 0 Å². The van der Waals surface area contributed by atoms with Crippen molar-refractivity contribution in [2.24, 2.45) is 7.05 Å². The summed E-state index contributed by atoms with van der Waals surface area (Å²) in [6, 6.07) is 5.64. The second-order valence-corrected chi connectivity index (χ2v) is 4.72. The van der Waals surface area contributed by atoms with Crippen LogP contribution in [0.3, 0.4) is 0 Å². The highest BCUT2D eigenvalue weighted by atomic mass is 79.9. The van der Waals surface area contributed by atoms with E-state index in [1.54, 1.807) is 13.2 Å². The van der Waals surface area contributed by atoms with Crippen molar-refractivity contribution >= 4 is 39.0 Å². The van der Waals surface area contributed by atoms with Gasteiger partial charge in [0, 0.05) is 19.2 Å². The first-order valence-electron chi connectivity index (χ1n) is 5.52. The largest absolute Gasteiger partial charge is 0.497 e. The molecule has 0 amide bonds. The molecule has 0 bridgehead atoms. The van der Waals surface area contributed by atoms with E-state index in [0.717, 1.165) is 16.8 Å². The van der Waals surface area contributed by atoms with Gasteiger partial charge in [-0.2, -0.15) is 0 Å². The highest BCUT2D eigenvalue weighted by molar-refractivity contribution is 9.12. The molecule has 0 saturated carbocycles. The smallest absolute Gasteiger partial charge is 0.345 e. The summed E-state index contributed by atoms with van der Waals surface area (Å²) in [5.74, 6) is 0.957. The van der Waals surface area contributed by atoms with E-state index in [9.17, 15) is 4.79 Å². The summed E-state index contributed by atoms with van der Waals surface area (Å²) in [5, 5.41) is 0. The van der Waals surface area contributed by atoms with Crippen LogP contribution in [0.15, 0.2) is 22.7 Å². The van der Waals surface area contributed by atoms with E-state index in [4.69, 9.17) is 4.74 Å². The predicted octanol–water partition coefficient (Wildman–Crippen LogP) is 2.49. The SMILES string of the molecule is COC(=O)C(Br)=Cc1nc2cc(OC)ccc2n1C. The topological polar surface area (TPSA) is 53.4 Å². The van der Waals surface area contributed by atoms with Gasteiger partial charge >= 0.3 is 5.97 Å². The van der Waals surface area contributed by atoms with E-state index in [1.165, 1.54) is 7.11 Å². The molecule has 0 fully saturated rings. The molecule has 0 unspecified atom stereocenters. The highest BCUT2D eigenvalue weighted by Crippen LogP contribution is 2.22. The number of fused-ring (bicyclic) bond motifs is 1. The quantitative estimate of drug-likeness (QED) is 0.643. The zero-order valence-corrected chi connectivity index (χ0v) is 12.4. The Morgan fingerprint density at radius 3 is 2.79 bits per heavy atom. The molecule has 5 nitrogen and oxygen atoms in total. The number of rotatable bonds is 3. The van der Waals surface area contributed by atoms with Crippen LogP contribution in [0.25, 0.3) is 17.1 Å².